The monoisotopic (exact) mass is 222 g/mol. The van der Waals surface area contributed by atoms with E-state index in [0.29, 0.717) is 17.4 Å². The number of nitrogen functional groups attached to an aromatic ring is 1. The smallest absolute Gasteiger partial charge is 0.274 e. The SMILES string of the molecule is CN(C(=O)c1[nH]ncc1N)C1CCCCC1. The van der Waals surface area contributed by atoms with E-state index in [-0.39, 0.29) is 5.91 Å². The molecule has 0 saturated heterocycles. The quantitative estimate of drug-likeness (QED) is 0.794. The zero-order chi connectivity index (χ0) is 11.5. The fourth-order valence-corrected chi connectivity index (χ4v) is 2.28. The number of anilines is 1. The number of nitrogens with one attached hydrogen (secondary N) is 1. The molecular weight excluding hydrogens is 204 g/mol. The van der Waals surface area contributed by atoms with Crippen molar-refractivity contribution in [2.24, 2.45) is 0 Å². The van der Waals surface area contributed by atoms with Crippen LogP contribution in [0, 0.1) is 0 Å². The van der Waals surface area contributed by atoms with E-state index in [4.69, 9.17) is 5.73 Å². The molecule has 1 aromatic heterocycles. The molecule has 88 valence electrons. The minimum Gasteiger partial charge on any atom is -0.396 e. The molecule has 16 heavy (non-hydrogen) atoms. The van der Waals surface area contributed by atoms with E-state index >= 15 is 0 Å². The maximum absolute atomic E-state index is 12.1. The minimum absolute atomic E-state index is 0.0538. The first kappa shape index (κ1) is 11.0. The third kappa shape index (κ3) is 2.03. The van der Waals surface area contributed by atoms with Gasteiger partial charge < -0.3 is 10.6 Å². The van der Waals surface area contributed by atoms with Crippen molar-refractivity contribution in [3.8, 4) is 0 Å². The average molecular weight is 222 g/mol. The highest BCUT2D eigenvalue weighted by Gasteiger charge is 2.24. The molecule has 1 heterocycles. The summed E-state index contributed by atoms with van der Waals surface area (Å²) in [5.74, 6) is -0.0538. The molecule has 1 aliphatic rings. The van der Waals surface area contributed by atoms with Gasteiger partial charge in [-0.05, 0) is 12.8 Å². The topological polar surface area (TPSA) is 75.0 Å². The number of rotatable bonds is 2. The molecule has 0 unspecified atom stereocenters. The van der Waals surface area contributed by atoms with Crippen LogP contribution in [-0.4, -0.2) is 34.1 Å². The van der Waals surface area contributed by atoms with Crippen LogP contribution in [0.4, 0.5) is 5.69 Å². The van der Waals surface area contributed by atoms with Gasteiger partial charge in [-0.15, -0.1) is 0 Å². The Bertz CT molecular complexity index is 368. The fraction of sp³-hybridized carbons (Fsp3) is 0.636. The van der Waals surface area contributed by atoms with Gasteiger partial charge in [-0.1, -0.05) is 19.3 Å². The van der Waals surface area contributed by atoms with Crippen LogP contribution in [0.1, 0.15) is 42.6 Å². The van der Waals surface area contributed by atoms with E-state index in [0.717, 1.165) is 12.8 Å². The second kappa shape index (κ2) is 4.55. The molecule has 1 amide bonds. The first-order chi connectivity index (χ1) is 7.70. The van der Waals surface area contributed by atoms with Gasteiger partial charge in [-0.2, -0.15) is 5.10 Å². The summed E-state index contributed by atoms with van der Waals surface area (Å²) in [6.45, 7) is 0. The Kier molecular flexibility index (Phi) is 3.12. The van der Waals surface area contributed by atoms with Crippen LogP contribution in [0.5, 0.6) is 0 Å². The number of carbonyl (C=O) groups is 1. The van der Waals surface area contributed by atoms with Crippen molar-refractivity contribution in [2.75, 3.05) is 12.8 Å². The van der Waals surface area contributed by atoms with Crippen LogP contribution in [0.2, 0.25) is 0 Å². The molecule has 0 bridgehead atoms. The predicted molar refractivity (Wildman–Crippen MR) is 62.0 cm³/mol. The van der Waals surface area contributed by atoms with Crippen molar-refractivity contribution < 1.29 is 4.79 Å². The summed E-state index contributed by atoms with van der Waals surface area (Å²) < 4.78 is 0. The van der Waals surface area contributed by atoms with Crippen molar-refractivity contribution in [3.05, 3.63) is 11.9 Å². The van der Waals surface area contributed by atoms with Crippen molar-refractivity contribution in [3.63, 3.8) is 0 Å². The third-order valence-electron chi connectivity index (χ3n) is 3.33. The lowest BCUT2D eigenvalue weighted by Gasteiger charge is -2.30. The number of aromatic nitrogens is 2. The van der Waals surface area contributed by atoms with Crippen molar-refractivity contribution in [1.82, 2.24) is 15.1 Å². The summed E-state index contributed by atoms with van der Waals surface area (Å²) in [6, 6.07) is 0.351. The van der Waals surface area contributed by atoms with Gasteiger partial charge in [0.2, 0.25) is 0 Å². The Hall–Kier alpha value is -1.52. The van der Waals surface area contributed by atoms with Gasteiger partial charge in [-0.25, -0.2) is 0 Å². The summed E-state index contributed by atoms with van der Waals surface area (Å²) in [5.41, 5.74) is 6.50. The highest BCUT2D eigenvalue weighted by molar-refractivity contribution is 5.97. The molecule has 5 heteroatoms. The largest absolute Gasteiger partial charge is 0.396 e. The van der Waals surface area contributed by atoms with E-state index in [1.807, 2.05) is 7.05 Å². The lowest BCUT2D eigenvalue weighted by Crippen LogP contribution is -2.38. The zero-order valence-electron chi connectivity index (χ0n) is 9.57. The van der Waals surface area contributed by atoms with Crippen LogP contribution >= 0.6 is 0 Å². The summed E-state index contributed by atoms with van der Waals surface area (Å²) in [7, 11) is 1.85. The van der Waals surface area contributed by atoms with Crippen LogP contribution in [0.3, 0.4) is 0 Å². The number of H-pyrrole nitrogens is 1. The lowest BCUT2D eigenvalue weighted by molar-refractivity contribution is 0.0691. The second-order valence-corrected chi connectivity index (χ2v) is 4.41. The molecule has 5 nitrogen and oxygen atoms in total. The number of carbonyl (C=O) groups excluding carboxylic acids is 1. The maximum Gasteiger partial charge on any atom is 0.274 e. The molecule has 0 atom stereocenters. The van der Waals surface area contributed by atoms with Crippen molar-refractivity contribution >= 4 is 11.6 Å². The Labute approximate surface area is 95.0 Å². The summed E-state index contributed by atoms with van der Waals surface area (Å²) in [4.78, 5) is 13.9. The number of hydrogen-bond acceptors (Lipinski definition) is 3. The van der Waals surface area contributed by atoms with Gasteiger partial charge in [-0.3, -0.25) is 9.89 Å². The van der Waals surface area contributed by atoms with E-state index in [1.165, 1.54) is 25.5 Å². The third-order valence-corrected chi connectivity index (χ3v) is 3.33. The zero-order valence-corrected chi connectivity index (χ0v) is 9.57. The van der Waals surface area contributed by atoms with E-state index in [2.05, 4.69) is 10.2 Å². The van der Waals surface area contributed by atoms with E-state index < -0.39 is 0 Å². The van der Waals surface area contributed by atoms with Crippen molar-refractivity contribution in [1.29, 1.82) is 0 Å². The Balaban J connectivity index is 2.06. The predicted octanol–water partition coefficient (Wildman–Crippen LogP) is 1.40. The molecule has 1 aliphatic carbocycles. The Morgan fingerprint density at radius 1 is 1.50 bits per heavy atom. The van der Waals surface area contributed by atoms with Gasteiger partial charge in [0.1, 0.15) is 5.69 Å². The number of amides is 1. The highest BCUT2D eigenvalue weighted by atomic mass is 16.2. The average Bonchev–Trinajstić information content (AvgIpc) is 2.75. The highest BCUT2D eigenvalue weighted by Crippen LogP contribution is 2.23. The second-order valence-electron chi connectivity index (χ2n) is 4.41. The molecular formula is C11H18N4O. The standard InChI is InChI=1S/C11H18N4O/c1-15(8-5-3-2-4-6-8)11(16)10-9(12)7-13-14-10/h7-8H,2-6,12H2,1H3,(H,13,14). The number of nitrogens with zero attached hydrogens (tertiary/aromatic N) is 2. The van der Waals surface area contributed by atoms with Crippen LogP contribution < -0.4 is 5.73 Å². The van der Waals surface area contributed by atoms with Crippen LogP contribution in [-0.2, 0) is 0 Å². The molecule has 0 aliphatic heterocycles. The molecule has 0 radical (unpaired) electrons. The summed E-state index contributed by atoms with van der Waals surface area (Å²) in [6.07, 6.45) is 7.36. The molecule has 1 saturated carbocycles. The lowest BCUT2D eigenvalue weighted by atomic mass is 9.94. The molecule has 1 aromatic rings. The molecule has 2 rings (SSSR count). The van der Waals surface area contributed by atoms with E-state index in [9.17, 15) is 4.79 Å². The van der Waals surface area contributed by atoms with E-state index in [1.54, 1.807) is 4.90 Å². The Morgan fingerprint density at radius 3 is 2.75 bits per heavy atom. The van der Waals surface area contributed by atoms with Gasteiger partial charge in [0.15, 0.2) is 0 Å². The van der Waals surface area contributed by atoms with Gasteiger partial charge in [0.25, 0.3) is 5.91 Å². The molecule has 3 N–H and O–H groups in total. The Morgan fingerprint density at radius 2 is 2.19 bits per heavy atom. The first-order valence-electron chi connectivity index (χ1n) is 5.76. The van der Waals surface area contributed by atoms with Crippen molar-refractivity contribution in [2.45, 2.75) is 38.1 Å². The summed E-state index contributed by atoms with van der Waals surface area (Å²) in [5, 5.41) is 6.43. The normalized spacial score (nSPS) is 17.3. The van der Waals surface area contributed by atoms with Gasteiger partial charge >= 0.3 is 0 Å². The number of hydrogen-bond donors (Lipinski definition) is 2. The number of aromatic amines is 1. The van der Waals surface area contributed by atoms with Gasteiger partial charge in [0, 0.05) is 13.1 Å². The van der Waals surface area contributed by atoms with Gasteiger partial charge in [0.05, 0.1) is 11.9 Å². The number of nitrogens with two attached hydrogens (primary N) is 1. The van der Waals surface area contributed by atoms with Crippen LogP contribution in [0.25, 0.3) is 0 Å². The van der Waals surface area contributed by atoms with Crippen LogP contribution in [0.15, 0.2) is 6.20 Å². The molecule has 1 fully saturated rings. The molecule has 0 aromatic carbocycles. The fourth-order valence-electron chi connectivity index (χ4n) is 2.28. The summed E-state index contributed by atoms with van der Waals surface area (Å²) >= 11 is 0. The molecule has 0 spiro atoms. The minimum atomic E-state index is -0.0538. The first-order valence-corrected chi connectivity index (χ1v) is 5.76. The maximum atomic E-state index is 12.1.